The van der Waals surface area contributed by atoms with Crippen molar-refractivity contribution in [1.29, 1.82) is 0 Å². The Morgan fingerprint density at radius 2 is 1.85 bits per heavy atom. The molecular formula is C17H17NOS. The van der Waals surface area contributed by atoms with Crippen LogP contribution in [0.3, 0.4) is 0 Å². The zero-order valence-electron chi connectivity index (χ0n) is 11.2. The number of nitrogens with one attached hydrogen (secondary N) is 1. The standard InChI is InChI=1S/C17H17NOS/c19-17(13-8-10-14(20)11-9-13)18-16-7-3-5-12-4-1-2-6-15(12)16/h1-2,4,6,8-11,16,20H,3,5,7H2,(H,18,19). The molecule has 20 heavy (non-hydrogen) atoms. The minimum Gasteiger partial charge on any atom is -0.345 e. The minimum absolute atomic E-state index is 0.0139. The van der Waals surface area contributed by atoms with E-state index in [1.54, 1.807) is 0 Å². The number of rotatable bonds is 2. The molecule has 0 spiro atoms. The highest BCUT2D eigenvalue weighted by molar-refractivity contribution is 7.80. The highest BCUT2D eigenvalue weighted by Crippen LogP contribution is 2.29. The Morgan fingerprint density at radius 1 is 1.10 bits per heavy atom. The number of thiol groups is 1. The maximum Gasteiger partial charge on any atom is 0.251 e. The predicted molar refractivity (Wildman–Crippen MR) is 83.3 cm³/mol. The first-order valence-corrected chi connectivity index (χ1v) is 7.36. The van der Waals surface area contributed by atoms with E-state index in [0.29, 0.717) is 5.56 Å². The number of amides is 1. The molecule has 1 amide bonds. The quantitative estimate of drug-likeness (QED) is 0.807. The van der Waals surface area contributed by atoms with Gasteiger partial charge in [0.1, 0.15) is 0 Å². The maximum atomic E-state index is 12.3. The third-order valence-electron chi connectivity index (χ3n) is 3.80. The van der Waals surface area contributed by atoms with Crippen LogP contribution in [0.15, 0.2) is 53.4 Å². The van der Waals surface area contributed by atoms with Crippen molar-refractivity contribution < 1.29 is 4.79 Å². The summed E-state index contributed by atoms with van der Waals surface area (Å²) < 4.78 is 0. The SMILES string of the molecule is O=C(NC1CCCc2ccccc21)c1ccc(S)cc1. The second kappa shape index (κ2) is 5.71. The fraction of sp³-hybridized carbons (Fsp3) is 0.235. The van der Waals surface area contributed by atoms with E-state index < -0.39 is 0 Å². The van der Waals surface area contributed by atoms with Gasteiger partial charge in [-0.15, -0.1) is 12.6 Å². The van der Waals surface area contributed by atoms with Crippen molar-refractivity contribution in [3.63, 3.8) is 0 Å². The summed E-state index contributed by atoms with van der Waals surface area (Å²) >= 11 is 4.24. The van der Waals surface area contributed by atoms with Crippen molar-refractivity contribution in [2.75, 3.05) is 0 Å². The molecule has 3 heteroatoms. The predicted octanol–water partition coefficient (Wildman–Crippen LogP) is 3.78. The Labute approximate surface area is 124 Å². The molecule has 0 saturated heterocycles. The molecule has 2 aromatic carbocycles. The lowest BCUT2D eigenvalue weighted by atomic mass is 9.87. The Morgan fingerprint density at radius 3 is 2.65 bits per heavy atom. The van der Waals surface area contributed by atoms with Crippen LogP contribution in [-0.4, -0.2) is 5.91 Å². The zero-order valence-corrected chi connectivity index (χ0v) is 12.1. The van der Waals surface area contributed by atoms with Gasteiger partial charge in [-0.2, -0.15) is 0 Å². The van der Waals surface area contributed by atoms with Gasteiger partial charge < -0.3 is 5.32 Å². The first kappa shape index (κ1) is 13.3. The van der Waals surface area contributed by atoms with Crippen LogP contribution < -0.4 is 5.32 Å². The monoisotopic (exact) mass is 283 g/mol. The van der Waals surface area contributed by atoms with E-state index in [9.17, 15) is 4.79 Å². The van der Waals surface area contributed by atoms with Crippen LogP contribution in [0.5, 0.6) is 0 Å². The molecule has 1 N–H and O–H groups in total. The molecular weight excluding hydrogens is 266 g/mol. The molecule has 0 bridgehead atoms. The summed E-state index contributed by atoms with van der Waals surface area (Å²) in [7, 11) is 0. The molecule has 102 valence electrons. The van der Waals surface area contributed by atoms with Crippen LogP contribution >= 0.6 is 12.6 Å². The molecule has 0 heterocycles. The van der Waals surface area contributed by atoms with E-state index in [1.165, 1.54) is 11.1 Å². The van der Waals surface area contributed by atoms with Crippen LogP contribution in [0.4, 0.5) is 0 Å². The van der Waals surface area contributed by atoms with Gasteiger partial charge in [0.05, 0.1) is 6.04 Å². The Balaban J connectivity index is 1.79. The molecule has 1 unspecified atom stereocenters. The first-order valence-electron chi connectivity index (χ1n) is 6.92. The summed E-state index contributed by atoms with van der Waals surface area (Å²) in [6.45, 7) is 0. The summed E-state index contributed by atoms with van der Waals surface area (Å²) in [5.41, 5.74) is 3.30. The third kappa shape index (κ3) is 2.73. The van der Waals surface area contributed by atoms with Crippen molar-refractivity contribution >= 4 is 18.5 Å². The second-order valence-electron chi connectivity index (χ2n) is 5.16. The van der Waals surface area contributed by atoms with Crippen LogP contribution in [0.1, 0.15) is 40.4 Å². The lowest BCUT2D eigenvalue weighted by Crippen LogP contribution is -2.30. The van der Waals surface area contributed by atoms with Gasteiger partial charge in [0, 0.05) is 10.5 Å². The van der Waals surface area contributed by atoms with E-state index in [1.807, 2.05) is 30.3 Å². The number of fused-ring (bicyclic) bond motifs is 1. The third-order valence-corrected chi connectivity index (χ3v) is 4.10. The number of benzene rings is 2. The van der Waals surface area contributed by atoms with Gasteiger partial charge in [-0.1, -0.05) is 24.3 Å². The molecule has 1 atom stereocenters. The maximum absolute atomic E-state index is 12.3. The molecule has 2 nitrogen and oxygen atoms in total. The summed E-state index contributed by atoms with van der Waals surface area (Å²) in [4.78, 5) is 13.2. The summed E-state index contributed by atoms with van der Waals surface area (Å²) in [5, 5.41) is 3.15. The van der Waals surface area contributed by atoms with Crippen molar-refractivity contribution in [2.24, 2.45) is 0 Å². The summed E-state index contributed by atoms with van der Waals surface area (Å²) in [6, 6.07) is 15.8. The molecule has 1 aliphatic carbocycles. The fourth-order valence-electron chi connectivity index (χ4n) is 2.76. The van der Waals surface area contributed by atoms with Crippen molar-refractivity contribution in [1.82, 2.24) is 5.32 Å². The molecule has 0 radical (unpaired) electrons. The van der Waals surface area contributed by atoms with E-state index in [4.69, 9.17) is 0 Å². The van der Waals surface area contributed by atoms with Gasteiger partial charge in [0.25, 0.3) is 5.91 Å². The van der Waals surface area contributed by atoms with Gasteiger partial charge in [0.15, 0.2) is 0 Å². The molecule has 0 aromatic heterocycles. The molecule has 3 rings (SSSR count). The van der Waals surface area contributed by atoms with Gasteiger partial charge in [-0.05, 0) is 54.7 Å². The van der Waals surface area contributed by atoms with Gasteiger partial charge >= 0.3 is 0 Å². The minimum atomic E-state index is -0.0139. The van der Waals surface area contributed by atoms with Crippen LogP contribution in [0.25, 0.3) is 0 Å². The highest BCUT2D eigenvalue weighted by Gasteiger charge is 2.21. The number of aryl methyl sites for hydroxylation is 1. The topological polar surface area (TPSA) is 29.1 Å². The van der Waals surface area contributed by atoms with Gasteiger partial charge in [0.2, 0.25) is 0 Å². The van der Waals surface area contributed by atoms with Crippen LogP contribution in [-0.2, 0) is 6.42 Å². The number of hydrogen-bond donors (Lipinski definition) is 2. The average molecular weight is 283 g/mol. The molecule has 0 saturated carbocycles. The normalized spacial score (nSPS) is 17.4. The van der Waals surface area contributed by atoms with Crippen molar-refractivity contribution in [3.8, 4) is 0 Å². The van der Waals surface area contributed by atoms with Crippen molar-refractivity contribution in [2.45, 2.75) is 30.2 Å². The second-order valence-corrected chi connectivity index (χ2v) is 5.68. The smallest absolute Gasteiger partial charge is 0.251 e. The van der Waals surface area contributed by atoms with Gasteiger partial charge in [-0.3, -0.25) is 4.79 Å². The van der Waals surface area contributed by atoms with Crippen molar-refractivity contribution in [3.05, 3.63) is 65.2 Å². The summed E-state index contributed by atoms with van der Waals surface area (Å²) in [5.74, 6) is -0.0139. The zero-order chi connectivity index (χ0) is 13.9. The number of hydrogen-bond acceptors (Lipinski definition) is 2. The highest BCUT2D eigenvalue weighted by atomic mass is 32.1. The molecule has 2 aromatic rings. The number of carbonyl (C=O) groups excluding carboxylic acids is 1. The summed E-state index contributed by atoms with van der Waals surface area (Å²) in [6.07, 6.45) is 3.24. The lowest BCUT2D eigenvalue weighted by Gasteiger charge is -2.26. The van der Waals surface area contributed by atoms with Crippen LogP contribution in [0, 0.1) is 0 Å². The molecule has 1 aliphatic rings. The Hall–Kier alpha value is -1.74. The van der Waals surface area contributed by atoms with E-state index >= 15 is 0 Å². The average Bonchev–Trinajstić information content (AvgIpc) is 2.48. The first-order chi connectivity index (χ1) is 9.74. The number of carbonyl (C=O) groups is 1. The Kier molecular flexibility index (Phi) is 3.79. The largest absolute Gasteiger partial charge is 0.345 e. The fourth-order valence-corrected chi connectivity index (χ4v) is 2.91. The van der Waals surface area contributed by atoms with E-state index in [-0.39, 0.29) is 11.9 Å². The lowest BCUT2D eigenvalue weighted by molar-refractivity contribution is 0.0932. The van der Waals surface area contributed by atoms with E-state index in [0.717, 1.165) is 24.2 Å². The van der Waals surface area contributed by atoms with Gasteiger partial charge in [-0.25, -0.2) is 0 Å². The molecule has 0 fully saturated rings. The van der Waals surface area contributed by atoms with Crippen LogP contribution in [0.2, 0.25) is 0 Å². The molecule has 0 aliphatic heterocycles. The van der Waals surface area contributed by atoms with E-state index in [2.05, 4.69) is 36.1 Å². The Bertz CT molecular complexity index is 621.